The van der Waals surface area contributed by atoms with E-state index >= 15 is 0 Å². The van der Waals surface area contributed by atoms with Gasteiger partial charge in [-0.2, -0.15) is 0 Å². The average Bonchev–Trinajstić information content (AvgIpc) is 3.50. The van der Waals surface area contributed by atoms with Crippen LogP contribution < -0.4 is 4.74 Å². The SMILES string of the molecule is C=CC[C@H](OC)c1coc(C[C@H](O[Si](C)(C)C(C)(C)C)C(C)(C)[C@H](C[C@H](OC)[C@@H](C)CCO[Si](C)(C)C(C)(C)C)OCc2ccc(OC)cc2)n1. The van der Waals surface area contributed by atoms with Crippen molar-refractivity contribution < 1.29 is 32.2 Å². The number of aromatic nitrogens is 1. The van der Waals surface area contributed by atoms with Crippen LogP contribution in [0.15, 0.2) is 47.6 Å². The Morgan fingerprint density at radius 3 is 1.98 bits per heavy atom. The minimum absolute atomic E-state index is 0.00135. The van der Waals surface area contributed by atoms with E-state index in [-0.39, 0.29) is 40.4 Å². The maximum absolute atomic E-state index is 7.33. The third-order valence-electron chi connectivity index (χ3n) is 11.7. The highest BCUT2D eigenvalue weighted by atomic mass is 28.4. The monoisotopic (exact) mass is 747 g/mol. The molecule has 1 heterocycles. The molecule has 0 amide bonds. The number of nitrogens with zero attached hydrogens (tertiary/aromatic N) is 1. The predicted octanol–water partition coefficient (Wildman–Crippen LogP) is 10.9. The van der Waals surface area contributed by atoms with Gasteiger partial charge in [-0.05, 0) is 72.7 Å². The molecule has 2 rings (SSSR count). The molecule has 0 saturated carbocycles. The molecule has 8 nitrogen and oxygen atoms in total. The van der Waals surface area contributed by atoms with Crippen molar-refractivity contribution in [2.75, 3.05) is 27.9 Å². The molecule has 1 aromatic carbocycles. The van der Waals surface area contributed by atoms with Crippen molar-refractivity contribution in [1.29, 1.82) is 0 Å². The Morgan fingerprint density at radius 2 is 1.47 bits per heavy atom. The summed E-state index contributed by atoms with van der Waals surface area (Å²) in [6.07, 6.45) is 5.57. The third-order valence-corrected chi connectivity index (χ3v) is 20.7. The van der Waals surface area contributed by atoms with E-state index in [4.69, 9.17) is 37.2 Å². The highest BCUT2D eigenvalue weighted by Gasteiger charge is 2.47. The van der Waals surface area contributed by atoms with E-state index in [1.165, 1.54) is 0 Å². The van der Waals surface area contributed by atoms with Crippen LogP contribution in [0, 0.1) is 11.3 Å². The molecule has 0 bridgehead atoms. The summed E-state index contributed by atoms with van der Waals surface area (Å²) in [7, 11) is 1.08. The van der Waals surface area contributed by atoms with Crippen molar-refractivity contribution in [2.45, 2.75) is 155 Å². The van der Waals surface area contributed by atoms with Gasteiger partial charge in [-0.3, -0.25) is 0 Å². The Kier molecular flexibility index (Phi) is 16.9. The first-order valence-corrected chi connectivity index (χ1v) is 24.5. The Labute approximate surface area is 313 Å². The summed E-state index contributed by atoms with van der Waals surface area (Å²) in [6.45, 7) is 34.8. The second kappa shape index (κ2) is 19.0. The van der Waals surface area contributed by atoms with Gasteiger partial charge in [0.15, 0.2) is 22.5 Å². The number of rotatable bonds is 22. The van der Waals surface area contributed by atoms with Crippen molar-refractivity contribution >= 4 is 16.6 Å². The molecule has 0 saturated heterocycles. The van der Waals surface area contributed by atoms with Crippen LogP contribution in [-0.2, 0) is 36.1 Å². The molecule has 0 fully saturated rings. The first kappa shape index (κ1) is 45.4. The molecule has 5 atom stereocenters. The van der Waals surface area contributed by atoms with Crippen LogP contribution in [-0.4, -0.2) is 67.9 Å². The lowest BCUT2D eigenvalue weighted by Gasteiger charge is -2.47. The van der Waals surface area contributed by atoms with E-state index in [9.17, 15) is 0 Å². The third kappa shape index (κ3) is 12.9. The number of benzene rings is 1. The molecule has 0 unspecified atom stereocenters. The summed E-state index contributed by atoms with van der Waals surface area (Å²) in [4.78, 5) is 4.90. The molecule has 2 aromatic rings. The molecule has 0 radical (unpaired) electrons. The quantitative estimate of drug-likeness (QED) is 0.0870. The molecule has 292 valence electrons. The van der Waals surface area contributed by atoms with Crippen LogP contribution >= 0.6 is 0 Å². The van der Waals surface area contributed by atoms with Gasteiger partial charge >= 0.3 is 0 Å². The zero-order chi connectivity index (χ0) is 38.8. The van der Waals surface area contributed by atoms with E-state index in [1.54, 1.807) is 20.5 Å². The molecular formula is C41H73NO7Si2. The minimum atomic E-state index is -2.25. The fraction of sp³-hybridized carbons (Fsp3) is 0.732. The predicted molar refractivity (Wildman–Crippen MR) is 215 cm³/mol. The standard InChI is InChI=1S/C41H73NO7Si2/c1-18-19-34(44-12)33-29-47-38(42-33)27-37(49-51(16,17)40(6,7)8)41(9,10)36(46-28-31-20-22-32(43-11)23-21-31)26-35(45-13)30(2)24-25-48-50(14,15)39(3,4)5/h18,20-23,29-30,34-37H,1,19,24-28H2,2-17H3/t30-,34-,35-,36-,37-/m0/s1. The molecule has 0 spiro atoms. The van der Waals surface area contributed by atoms with Crippen LogP contribution in [0.4, 0.5) is 0 Å². The molecule has 0 N–H and O–H groups in total. The molecule has 0 aliphatic rings. The molecule has 51 heavy (non-hydrogen) atoms. The highest BCUT2D eigenvalue weighted by Crippen LogP contribution is 2.44. The van der Waals surface area contributed by atoms with E-state index in [0.29, 0.717) is 31.8 Å². The van der Waals surface area contributed by atoms with Crippen LogP contribution in [0.25, 0.3) is 0 Å². The zero-order valence-corrected chi connectivity index (χ0v) is 37.1. The maximum Gasteiger partial charge on any atom is 0.196 e. The fourth-order valence-corrected chi connectivity index (χ4v) is 8.10. The van der Waals surface area contributed by atoms with E-state index in [0.717, 1.165) is 30.0 Å². The number of methoxy groups -OCH3 is 3. The van der Waals surface area contributed by atoms with Crippen LogP contribution in [0.3, 0.4) is 0 Å². The van der Waals surface area contributed by atoms with E-state index in [2.05, 4.69) is 107 Å². The summed E-state index contributed by atoms with van der Waals surface area (Å²) >= 11 is 0. The van der Waals surface area contributed by atoms with Gasteiger partial charge in [0.1, 0.15) is 23.8 Å². The first-order chi connectivity index (χ1) is 23.5. The number of ether oxygens (including phenoxy) is 4. The highest BCUT2D eigenvalue weighted by molar-refractivity contribution is 6.74. The van der Waals surface area contributed by atoms with Crippen LogP contribution in [0.2, 0.25) is 36.3 Å². The van der Waals surface area contributed by atoms with Crippen molar-refractivity contribution in [3.8, 4) is 5.75 Å². The van der Waals surface area contributed by atoms with Gasteiger partial charge in [-0.25, -0.2) is 4.98 Å². The van der Waals surface area contributed by atoms with Gasteiger partial charge in [-0.1, -0.05) is 80.5 Å². The Balaban J connectivity index is 2.51. The van der Waals surface area contributed by atoms with Crippen LogP contribution in [0.5, 0.6) is 5.75 Å². The molecule has 10 heteroatoms. The summed E-state index contributed by atoms with van der Waals surface area (Å²) in [5, 5.41) is 0.168. The lowest BCUT2D eigenvalue weighted by Crippen LogP contribution is -2.53. The van der Waals surface area contributed by atoms with Gasteiger partial charge in [-0.15, -0.1) is 6.58 Å². The van der Waals surface area contributed by atoms with Crippen LogP contribution in [0.1, 0.15) is 105 Å². The van der Waals surface area contributed by atoms with Gasteiger partial charge in [0.05, 0.1) is 32.0 Å². The Bertz CT molecular complexity index is 1310. The second-order valence-electron chi connectivity index (χ2n) is 17.8. The maximum atomic E-state index is 7.33. The average molecular weight is 748 g/mol. The summed E-state index contributed by atoms with van der Waals surface area (Å²) in [5.74, 6) is 1.70. The van der Waals surface area contributed by atoms with Crippen molar-refractivity contribution in [2.24, 2.45) is 11.3 Å². The minimum Gasteiger partial charge on any atom is -0.497 e. The Morgan fingerprint density at radius 1 is 0.863 bits per heavy atom. The smallest absolute Gasteiger partial charge is 0.196 e. The lowest BCUT2D eigenvalue weighted by molar-refractivity contribution is -0.114. The van der Waals surface area contributed by atoms with Crippen molar-refractivity contribution in [3.63, 3.8) is 0 Å². The first-order valence-electron chi connectivity index (χ1n) is 18.7. The van der Waals surface area contributed by atoms with Gasteiger partial charge in [0.2, 0.25) is 0 Å². The topological polar surface area (TPSA) is 81.4 Å². The number of hydrogen-bond acceptors (Lipinski definition) is 8. The van der Waals surface area contributed by atoms with E-state index in [1.807, 2.05) is 25.3 Å². The number of oxazole rings is 1. The van der Waals surface area contributed by atoms with Crippen molar-refractivity contribution in [1.82, 2.24) is 4.98 Å². The Hall–Kier alpha value is -1.80. The van der Waals surface area contributed by atoms with Crippen molar-refractivity contribution in [3.05, 3.63) is 60.3 Å². The lowest BCUT2D eigenvalue weighted by atomic mass is 9.76. The van der Waals surface area contributed by atoms with E-state index < -0.39 is 22.0 Å². The van der Waals surface area contributed by atoms with Gasteiger partial charge in [0, 0.05) is 39.1 Å². The second-order valence-corrected chi connectivity index (χ2v) is 27.4. The molecule has 1 aromatic heterocycles. The number of hydrogen-bond donors (Lipinski definition) is 0. The van der Waals surface area contributed by atoms with Gasteiger partial charge < -0.3 is 32.2 Å². The largest absolute Gasteiger partial charge is 0.497 e. The molecular weight excluding hydrogens is 675 g/mol. The summed E-state index contributed by atoms with van der Waals surface area (Å²) in [5.41, 5.74) is 1.37. The summed E-state index contributed by atoms with van der Waals surface area (Å²) < 4.78 is 44.4. The summed E-state index contributed by atoms with van der Waals surface area (Å²) in [6, 6.07) is 8.07. The molecule has 0 aliphatic carbocycles. The zero-order valence-electron chi connectivity index (χ0n) is 35.1. The fourth-order valence-electron chi connectivity index (χ4n) is 5.59. The normalized spacial score (nSPS) is 16.4. The molecule has 0 aliphatic heterocycles. The van der Waals surface area contributed by atoms with Gasteiger partial charge in [0.25, 0.3) is 0 Å².